The maximum absolute atomic E-state index is 13.7. The zero-order chi connectivity index (χ0) is 30.4. The number of fused-ring (bicyclic) bond motifs is 1. The van der Waals surface area contributed by atoms with Crippen molar-refractivity contribution in [1.29, 1.82) is 0 Å². The summed E-state index contributed by atoms with van der Waals surface area (Å²) in [6, 6.07) is 26.1. The number of amides is 3. The van der Waals surface area contributed by atoms with E-state index in [1.165, 1.54) is 11.0 Å². The van der Waals surface area contributed by atoms with Gasteiger partial charge in [0, 0.05) is 25.2 Å². The zero-order valence-corrected chi connectivity index (χ0v) is 24.5. The molecule has 4 aromatic rings. The third kappa shape index (κ3) is 7.25. The van der Waals surface area contributed by atoms with Gasteiger partial charge in [-0.3, -0.25) is 4.79 Å². The van der Waals surface area contributed by atoms with Crippen molar-refractivity contribution in [2.24, 2.45) is 0 Å². The van der Waals surface area contributed by atoms with E-state index in [1.54, 1.807) is 74.6 Å². The standard InChI is InChI=1S/C32H31N3O7S/c1-22-8-6-7-11-30(22)43(38,39)34-32(37)33-27(31(36)35(2)25-14-17-28-29(19-25)42-21-41-28)18-23-12-15-26(16-13-23)40-20-24-9-4-3-5-10-24/h3-17,19,27H,18,20-21H2,1-2H3,(H2,33,34,37)/t27-/m0/s1. The first-order valence-corrected chi connectivity index (χ1v) is 15.0. The fraction of sp³-hybridized carbons (Fsp3) is 0.188. The van der Waals surface area contributed by atoms with Crippen LogP contribution in [0.4, 0.5) is 10.5 Å². The molecule has 1 heterocycles. The summed E-state index contributed by atoms with van der Waals surface area (Å²) in [7, 11) is -2.62. The molecule has 0 saturated heterocycles. The molecule has 43 heavy (non-hydrogen) atoms. The number of benzene rings is 4. The molecule has 0 aliphatic carbocycles. The number of sulfonamides is 1. The van der Waals surface area contributed by atoms with Gasteiger partial charge in [-0.15, -0.1) is 0 Å². The van der Waals surface area contributed by atoms with Crippen molar-refractivity contribution in [1.82, 2.24) is 10.0 Å². The minimum atomic E-state index is -4.18. The second-order valence-electron chi connectivity index (χ2n) is 9.95. The van der Waals surface area contributed by atoms with Crippen LogP contribution in [0.3, 0.4) is 0 Å². The van der Waals surface area contributed by atoms with Gasteiger partial charge in [0.1, 0.15) is 18.4 Å². The number of anilines is 1. The van der Waals surface area contributed by atoms with E-state index in [0.717, 1.165) is 11.1 Å². The highest BCUT2D eigenvalue weighted by molar-refractivity contribution is 7.90. The normalized spacial score (nSPS) is 12.7. The maximum Gasteiger partial charge on any atom is 0.329 e. The summed E-state index contributed by atoms with van der Waals surface area (Å²) in [5.41, 5.74) is 2.75. The van der Waals surface area contributed by atoms with Gasteiger partial charge in [0.25, 0.3) is 10.0 Å². The molecule has 222 valence electrons. The van der Waals surface area contributed by atoms with Gasteiger partial charge in [0.15, 0.2) is 11.5 Å². The molecule has 1 atom stereocenters. The van der Waals surface area contributed by atoms with Crippen LogP contribution < -0.4 is 29.1 Å². The molecule has 11 heteroatoms. The predicted molar refractivity (Wildman–Crippen MR) is 161 cm³/mol. The molecule has 3 amide bonds. The van der Waals surface area contributed by atoms with Crippen LogP contribution in [0.15, 0.2) is 102 Å². The van der Waals surface area contributed by atoms with E-state index in [-0.39, 0.29) is 18.1 Å². The first-order chi connectivity index (χ1) is 20.7. The number of carbonyl (C=O) groups excluding carboxylic acids is 2. The molecule has 0 saturated carbocycles. The van der Waals surface area contributed by atoms with Gasteiger partial charge in [-0.05, 0) is 53.9 Å². The average molecular weight is 602 g/mol. The molecule has 0 spiro atoms. The lowest BCUT2D eigenvalue weighted by Gasteiger charge is -2.25. The number of urea groups is 1. The number of hydrogen-bond acceptors (Lipinski definition) is 7. The Hall–Kier alpha value is -5.03. The molecule has 5 rings (SSSR count). The Morgan fingerprint density at radius 2 is 1.58 bits per heavy atom. The Labute approximate surface area is 250 Å². The lowest BCUT2D eigenvalue weighted by molar-refractivity contribution is -0.120. The summed E-state index contributed by atoms with van der Waals surface area (Å²) >= 11 is 0. The van der Waals surface area contributed by atoms with Crippen molar-refractivity contribution in [2.45, 2.75) is 30.9 Å². The lowest BCUT2D eigenvalue weighted by atomic mass is 10.0. The minimum Gasteiger partial charge on any atom is -0.489 e. The van der Waals surface area contributed by atoms with E-state index in [0.29, 0.717) is 35.1 Å². The fourth-order valence-electron chi connectivity index (χ4n) is 4.58. The molecule has 0 radical (unpaired) electrons. The summed E-state index contributed by atoms with van der Waals surface area (Å²) in [4.78, 5) is 28.1. The number of likely N-dealkylation sites (N-methyl/N-ethyl adjacent to an activating group) is 1. The summed E-state index contributed by atoms with van der Waals surface area (Å²) in [5.74, 6) is 1.24. The Bertz CT molecular complexity index is 1710. The monoisotopic (exact) mass is 601 g/mol. The SMILES string of the molecule is Cc1ccccc1S(=O)(=O)NC(=O)N[C@@H](Cc1ccc(OCc2ccccc2)cc1)C(=O)N(C)c1ccc2c(c1)OCO2. The van der Waals surface area contributed by atoms with Crippen molar-refractivity contribution in [3.05, 3.63) is 114 Å². The van der Waals surface area contributed by atoms with Crippen molar-refractivity contribution < 1.29 is 32.2 Å². The third-order valence-corrected chi connectivity index (χ3v) is 8.39. The molecule has 0 bridgehead atoms. The Morgan fingerprint density at radius 1 is 0.884 bits per heavy atom. The first-order valence-electron chi connectivity index (χ1n) is 13.5. The fourth-order valence-corrected chi connectivity index (χ4v) is 5.74. The number of rotatable bonds is 10. The molecule has 2 N–H and O–H groups in total. The largest absolute Gasteiger partial charge is 0.489 e. The van der Waals surface area contributed by atoms with Gasteiger partial charge >= 0.3 is 6.03 Å². The van der Waals surface area contributed by atoms with Gasteiger partial charge in [-0.2, -0.15) is 0 Å². The summed E-state index contributed by atoms with van der Waals surface area (Å²) in [5, 5.41) is 2.57. The molecule has 0 fully saturated rings. The quantitative estimate of drug-likeness (QED) is 0.273. The second kappa shape index (κ2) is 12.9. The number of ether oxygens (including phenoxy) is 3. The second-order valence-corrected chi connectivity index (χ2v) is 11.6. The predicted octanol–water partition coefficient (Wildman–Crippen LogP) is 4.56. The highest BCUT2D eigenvalue weighted by atomic mass is 32.2. The van der Waals surface area contributed by atoms with Crippen molar-refractivity contribution in [3.8, 4) is 17.2 Å². The van der Waals surface area contributed by atoms with Crippen LogP contribution in [0, 0.1) is 6.92 Å². The van der Waals surface area contributed by atoms with Crippen LogP contribution in [0.5, 0.6) is 17.2 Å². The summed E-state index contributed by atoms with van der Waals surface area (Å²) in [6.45, 7) is 2.12. The molecular formula is C32H31N3O7S. The van der Waals surface area contributed by atoms with Crippen LogP contribution in [-0.4, -0.2) is 40.2 Å². The molecular weight excluding hydrogens is 570 g/mol. The van der Waals surface area contributed by atoms with Gasteiger partial charge in [-0.25, -0.2) is 17.9 Å². The Kier molecular flexibility index (Phi) is 8.82. The van der Waals surface area contributed by atoms with E-state index in [9.17, 15) is 18.0 Å². The number of aryl methyl sites for hydroxylation is 1. The smallest absolute Gasteiger partial charge is 0.329 e. The van der Waals surface area contributed by atoms with Crippen molar-refractivity contribution in [3.63, 3.8) is 0 Å². The topological polar surface area (TPSA) is 123 Å². The van der Waals surface area contributed by atoms with Crippen LogP contribution in [-0.2, 0) is 27.8 Å². The van der Waals surface area contributed by atoms with Crippen LogP contribution in [0.2, 0.25) is 0 Å². The number of nitrogens with zero attached hydrogens (tertiary/aromatic N) is 1. The number of hydrogen-bond donors (Lipinski definition) is 2. The van der Waals surface area contributed by atoms with E-state index >= 15 is 0 Å². The molecule has 1 aliphatic rings. The van der Waals surface area contributed by atoms with Crippen LogP contribution >= 0.6 is 0 Å². The maximum atomic E-state index is 13.7. The third-order valence-electron chi connectivity index (χ3n) is 6.90. The van der Waals surface area contributed by atoms with E-state index < -0.39 is 28.0 Å². The van der Waals surface area contributed by atoms with Crippen molar-refractivity contribution >= 4 is 27.6 Å². The van der Waals surface area contributed by atoms with Gasteiger partial charge in [-0.1, -0.05) is 60.7 Å². The van der Waals surface area contributed by atoms with Crippen molar-refractivity contribution in [2.75, 3.05) is 18.7 Å². The van der Waals surface area contributed by atoms with Crippen LogP contribution in [0.1, 0.15) is 16.7 Å². The van der Waals surface area contributed by atoms with E-state index in [4.69, 9.17) is 14.2 Å². The zero-order valence-electron chi connectivity index (χ0n) is 23.6. The summed E-state index contributed by atoms with van der Waals surface area (Å²) in [6.07, 6.45) is 0.0878. The molecule has 1 aliphatic heterocycles. The molecule has 0 unspecified atom stereocenters. The molecule has 4 aromatic carbocycles. The number of carbonyl (C=O) groups is 2. The Balaban J connectivity index is 1.33. The van der Waals surface area contributed by atoms with Gasteiger partial charge < -0.3 is 24.4 Å². The van der Waals surface area contributed by atoms with Crippen LogP contribution in [0.25, 0.3) is 0 Å². The van der Waals surface area contributed by atoms with Gasteiger partial charge in [0.05, 0.1) is 4.90 Å². The highest BCUT2D eigenvalue weighted by Crippen LogP contribution is 2.35. The minimum absolute atomic E-state index is 0.0309. The first kappa shape index (κ1) is 29.5. The number of nitrogens with one attached hydrogen (secondary N) is 2. The average Bonchev–Trinajstić information content (AvgIpc) is 3.48. The molecule has 0 aromatic heterocycles. The van der Waals surface area contributed by atoms with Gasteiger partial charge in [0.2, 0.25) is 12.7 Å². The van der Waals surface area contributed by atoms with E-state index in [2.05, 4.69) is 5.32 Å². The Morgan fingerprint density at radius 3 is 2.33 bits per heavy atom. The highest BCUT2D eigenvalue weighted by Gasteiger charge is 2.28. The molecule has 10 nitrogen and oxygen atoms in total. The van der Waals surface area contributed by atoms with E-state index in [1.807, 2.05) is 35.1 Å². The lowest BCUT2D eigenvalue weighted by Crippen LogP contribution is -2.52. The summed E-state index contributed by atoms with van der Waals surface area (Å²) < 4.78 is 44.6.